The normalized spacial score (nSPS) is 28.3. The van der Waals surface area contributed by atoms with Gasteiger partial charge in [0.1, 0.15) is 0 Å². The van der Waals surface area contributed by atoms with Crippen LogP contribution in [0.4, 0.5) is 0 Å². The van der Waals surface area contributed by atoms with E-state index in [1.54, 1.807) is 24.3 Å². The van der Waals surface area contributed by atoms with Gasteiger partial charge in [-0.2, -0.15) is 0 Å². The molecule has 2 rings (SSSR count). The minimum atomic E-state index is -3.20. The van der Waals surface area contributed by atoms with E-state index in [1.807, 2.05) is 6.92 Å². The zero-order valence-corrected chi connectivity index (χ0v) is 11.9. The smallest absolute Gasteiger partial charge is 0.207 e. The van der Waals surface area contributed by atoms with Crippen molar-refractivity contribution in [1.82, 2.24) is 0 Å². The number of rotatable bonds is 3. The van der Waals surface area contributed by atoms with E-state index < -0.39 is 15.6 Å². The summed E-state index contributed by atoms with van der Waals surface area (Å²) in [5.41, 5.74) is 6.52. The van der Waals surface area contributed by atoms with Crippen molar-refractivity contribution in [3.05, 3.63) is 29.8 Å². The van der Waals surface area contributed by atoms with Gasteiger partial charge >= 0.3 is 0 Å². The van der Waals surface area contributed by atoms with Crippen molar-refractivity contribution in [2.24, 2.45) is 11.7 Å². The van der Waals surface area contributed by atoms with Gasteiger partial charge in [0.15, 0.2) is 9.84 Å². The van der Waals surface area contributed by atoms with E-state index in [1.165, 1.54) is 6.26 Å². The summed E-state index contributed by atoms with van der Waals surface area (Å²) in [5.74, 6) is -0.627. The highest BCUT2D eigenvalue weighted by Crippen LogP contribution is 2.31. The van der Waals surface area contributed by atoms with Crippen LogP contribution in [0.25, 0.3) is 0 Å². The topological polar surface area (TPSA) is 78.6 Å². The molecule has 106 valence electrons. The average Bonchev–Trinajstić information content (AvgIpc) is 2.39. The Kier molecular flexibility index (Phi) is 3.96. The van der Waals surface area contributed by atoms with Gasteiger partial charge in [0.05, 0.1) is 24.7 Å². The molecule has 5 nitrogen and oxygen atoms in total. The Hall–Kier alpha value is -0.950. The first-order valence-electron chi connectivity index (χ1n) is 6.16. The van der Waals surface area contributed by atoms with Crippen molar-refractivity contribution in [1.29, 1.82) is 0 Å². The number of hydrogen-bond acceptors (Lipinski definition) is 5. The van der Waals surface area contributed by atoms with Crippen LogP contribution in [0.3, 0.4) is 0 Å². The molecule has 1 aromatic rings. The molecule has 1 aliphatic heterocycles. The van der Waals surface area contributed by atoms with Crippen LogP contribution in [0.2, 0.25) is 0 Å². The highest BCUT2D eigenvalue weighted by atomic mass is 32.2. The van der Waals surface area contributed by atoms with Crippen LogP contribution in [0, 0.1) is 5.92 Å². The van der Waals surface area contributed by atoms with Crippen LogP contribution >= 0.6 is 0 Å². The standard InChI is InChI=1S/C13H19NO4S/c1-10-7-17-13(9-14,18-8-10)11-3-5-12(6-4-11)19(2,15)16/h3-6,10H,7-9,14H2,1-2H3. The third kappa shape index (κ3) is 2.97. The minimum absolute atomic E-state index is 0.192. The summed E-state index contributed by atoms with van der Waals surface area (Å²) < 4.78 is 34.3. The SMILES string of the molecule is CC1COC(CN)(c2ccc(S(C)(=O)=O)cc2)OC1. The number of ether oxygens (including phenoxy) is 2. The van der Waals surface area contributed by atoms with E-state index >= 15 is 0 Å². The molecular formula is C13H19NO4S. The first kappa shape index (κ1) is 14.5. The summed E-state index contributed by atoms with van der Waals surface area (Å²) in [6.45, 7) is 3.38. The van der Waals surface area contributed by atoms with Crippen molar-refractivity contribution < 1.29 is 17.9 Å². The van der Waals surface area contributed by atoms with Crippen LogP contribution in [0.1, 0.15) is 12.5 Å². The summed E-state index contributed by atoms with van der Waals surface area (Å²) in [4.78, 5) is 0.271. The fourth-order valence-corrected chi connectivity index (χ4v) is 2.63. The molecule has 1 aromatic carbocycles. The Bertz CT molecular complexity index is 530. The number of benzene rings is 1. The first-order valence-corrected chi connectivity index (χ1v) is 8.05. The molecule has 0 atom stereocenters. The van der Waals surface area contributed by atoms with Gasteiger partial charge in [-0.3, -0.25) is 0 Å². The lowest BCUT2D eigenvalue weighted by atomic mass is 10.0. The third-order valence-corrected chi connectivity index (χ3v) is 4.32. The van der Waals surface area contributed by atoms with E-state index in [0.717, 1.165) is 5.56 Å². The Morgan fingerprint density at radius 2 is 1.79 bits per heavy atom. The quantitative estimate of drug-likeness (QED) is 0.892. The molecule has 0 aromatic heterocycles. The van der Waals surface area contributed by atoms with Crippen LogP contribution in [0.5, 0.6) is 0 Å². The molecule has 0 amide bonds. The Morgan fingerprint density at radius 3 is 2.21 bits per heavy atom. The maximum Gasteiger partial charge on any atom is 0.207 e. The Labute approximate surface area is 113 Å². The molecule has 0 bridgehead atoms. The predicted octanol–water partition coefficient (Wildman–Crippen LogP) is 0.884. The maximum atomic E-state index is 11.4. The van der Waals surface area contributed by atoms with Crippen LogP contribution in [0.15, 0.2) is 29.2 Å². The molecule has 2 N–H and O–H groups in total. The molecular weight excluding hydrogens is 266 g/mol. The molecule has 0 radical (unpaired) electrons. The largest absolute Gasteiger partial charge is 0.344 e. The molecule has 1 saturated heterocycles. The van der Waals surface area contributed by atoms with Gasteiger partial charge in [-0.15, -0.1) is 0 Å². The van der Waals surface area contributed by atoms with Crippen LogP contribution in [-0.4, -0.2) is 34.4 Å². The van der Waals surface area contributed by atoms with E-state index in [4.69, 9.17) is 15.2 Å². The van der Waals surface area contributed by atoms with Gasteiger partial charge in [-0.25, -0.2) is 8.42 Å². The summed E-state index contributed by atoms with van der Waals surface area (Å²) in [6, 6.07) is 6.48. The van der Waals surface area contributed by atoms with Gasteiger partial charge in [-0.05, 0) is 12.1 Å². The van der Waals surface area contributed by atoms with E-state index in [9.17, 15) is 8.42 Å². The van der Waals surface area contributed by atoms with E-state index in [0.29, 0.717) is 19.1 Å². The van der Waals surface area contributed by atoms with Gasteiger partial charge in [0, 0.05) is 17.7 Å². The molecule has 0 saturated carbocycles. The minimum Gasteiger partial charge on any atom is -0.344 e. The first-order chi connectivity index (χ1) is 8.87. The van der Waals surface area contributed by atoms with E-state index in [2.05, 4.69) is 0 Å². The van der Waals surface area contributed by atoms with Crippen molar-refractivity contribution in [2.75, 3.05) is 26.0 Å². The molecule has 1 fully saturated rings. The van der Waals surface area contributed by atoms with Crippen molar-refractivity contribution in [3.63, 3.8) is 0 Å². The fourth-order valence-electron chi connectivity index (χ4n) is 2.00. The summed E-state index contributed by atoms with van der Waals surface area (Å²) >= 11 is 0. The average molecular weight is 285 g/mol. The summed E-state index contributed by atoms with van der Waals surface area (Å²) in [6.07, 6.45) is 1.18. The molecule has 1 heterocycles. The Balaban J connectivity index is 2.30. The summed E-state index contributed by atoms with van der Waals surface area (Å²) in [7, 11) is -3.20. The second-order valence-electron chi connectivity index (χ2n) is 4.98. The van der Waals surface area contributed by atoms with Crippen molar-refractivity contribution in [3.8, 4) is 0 Å². The monoisotopic (exact) mass is 285 g/mol. The number of hydrogen-bond donors (Lipinski definition) is 1. The lowest BCUT2D eigenvalue weighted by molar-refractivity contribution is -0.284. The van der Waals surface area contributed by atoms with Crippen LogP contribution < -0.4 is 5.73 Å². The fraction of sp³-hybridized carbons (Fsp3) is 0.538. The zero-order valence-electron chi connectivity index (χ0n) is 11.1. The lowest BCUT2D eigenvalue weighted by Gasteiger charge is -2.38. The molecule has 0 aliphatic carbocycles. The second-order valence-corrected chi connectivity index (χ2v) is 7.00. The van der Waals surface area contributed by atoms with Crippen molar-refractivity contribution in [2.45, 2.75) is 17.6 Å². The molecule has 6 heteroatoms. The second kappa shape index (κ2) is 5.20. The van der Waals surface area contributed by atoms with Gasteiger partial charge in [-0.1, -0.05) is 19.1 Å². The third-order valence-electron chi connectivity index (χ3n) is 3.19. The highest BCUT2D eigenvalue weighted by Gasteiger charge is 2.37. The number of nitrogens with two attached hydrogens (primary N) is 1. The van der Waals surface area contributed by atoms with Gasteiger partial charge in [0.2, 0.25) is 5.79 Å². The maximum absolute atomic E-state index is 11.4. The lowest BCUT2D eigenvalue weighted by Crippen LogP contribution is -2.46. The Morgan fingerprint density at radius 1 is 1.26 bits per heavy atom. The predicted molar refractivity (Wildman–Crippen MR) is 71.4 cm³/mol. The molecule has 1 aliphatic rings. The van der Waals surface area contributed by atoms with Gasteiger partial charge < -0.3 is 15.2 Å². The number of sulfone groups is 1. The van der Waals surface area contributed by atoms with Crippen molar-refractivity contribution >= 4 is 9.84 Å². The molecule has 0 unspecified atom stereocenters. The highest BCUT2D eigenvalue weighted by molar-refractivity contribution is 7.90. The van der Waals surface area contributed by atoms with Gasteiger partial charge in [0.25, 0.3) is 0 Å². The molecule has 0 spiro atoms. The molecule has 19 heavy (non-hydrogen) atoms. The van der Waals surface area contributed by atoms with Crippen LogP contribution in [-0.2, 0) is 25.1 Å². The zero-order chi connectivity index (χ0) is 14.1. The summed E-state index contributed by atoms with van der Waals surface area (Å²) in [5, 5.41) is 0. The van der Waals surface area contributed by atoms with E-state index in [-0.39, 0.29) is 11.4 Å².